The Labute approximate surface area is 121 Å². The van der Waals surface area contributed by atoms with E-state index in [-0.39, 0.29) is 30.0 Å². The molecule has 5 nitrogen and oxygen atoms in total. The number of nitrogens with zero attached hydrogens (tertiary/aromatic N) is 1. The first-order chi connectivity index (χ1) is 9.35. The molecule has 0 bridgehead atoms. The fourth-order valence-electron chi connectivity index (χ4n) is 3.46. The molecule has 1 heterocycles. The summed E-state index contributed by atoms with van der Waals surface area (Å²) in [4.78, 5) is 26.6. The summed E-state index contributed by atoms with van der Waals surface area (Å²) < 4.78 is 5.47. The molecule has 1 saturated heterocycles. The van der Waals surface area contributed by atoms with E-state index in [2.05, 4.69) is 5.32 Å². The van der Waals surface area contributed by atoms with Crippen LogP contribution in [0, 0.1) is 0 Å². The van der Waals surface area contributed by atoms with Crippen molar-refractivity contribution in [3.05, 3.63) is 0 Å². The summed E-state index contributed by atoms with van der Waals surface area (Å²) in [6.45, 7) is 5.54. The van der Waals surface area contributed by atoms with Crippen molar-refractivity contribution in [2.45, 2.75) is 76.6 Å². The quantitative estimate of drug-likeness (QED) is 0.834. The zero-order valence-electron chi connectivity index (χ0n) is 12.9. The molecule has 0 spiro atoms. The Hall–Kier alpha value is -1.10. The number of nitrogens with one attached hydrogen (secondary N) is 1. The van der Waals surface area contributed by atoms with Crippen LogP contribution in [0.15, 0.2) is 0 Å². The normalized spacial score (nSPS) is 34.6. The molecule has 1 aliphatic carbocycles. The monoisotopic (exact) mass is 282 g/mol. The minimum atomic E-state index is -0.818. The van der Waals surface area contributed by atoms with Crippen LogP contribution >= 0.6 is 0 Å². The maximum atomic E-state index is 12.8. The molecule has 5 heteroatoms. The van der Waals surface area contributed by atoms with E-state index in [9.17, 15) is 9.59 Å². The van der Waals surface area contributed by atoms with Gasteiger partial charge in [-0.15, -0.1) is 0 Å². The molecule has 3 unspecified atom stereocenters. The molecule has 0 aromatic carbocycles. The van der Waals surface area contributed by atoms with Crippen LogP contribution in [-0.4, -0.2) is 47.6 Å². The van der Waals surface area contributed by atoms with Crippen LogP contribution in [0.1, 0.15) is 52.9 Å². The Balaban J connectivity index is 2.22. The standard InChI is InChI=1S/C15H26N2O3/c1-10-8-13(18)16-15(2,3)14(19)17(10)11-6-5-7-12(9-11)20-4/h10-12H,5-9H2,1-4H3,(H,16,18). The summed E-state index contributed by atoms with van der Waals surface area (Å²) in [5.74, 6) is -0.0185. The van der Waals surface area contributed by atoms with Crippen LogP contribution in [0.2, 0.25) is 0 Å². The number of carbonyl (C=O) groups excluding carboxylic acids is 2. The molecule has 0 radical (unpaired) electrons. The summed E-state index contributed by atoms with van der Waals surface area (Å²) in [7, 11) is 1.73. The zero-order valence-corrected chi connectivity index (χ0v) is 12.9. The van der Waals surface area contributed by atoms with Crippen molar-refractivity contribution in [1.82, 2.24) is 10.2 Å². The van der Waals surface area contributed by atoms with Gasteiger partial charge >= 0.3 is 0 Å². The average Bonchev–Trinajstić information content (AvgIpc) is 2.44. The first-order valence-electron chi connectivity index (χ1n) is 7.51. The molecule has 2 fully saturated rings. The third kappa shape index (κ3) is 2.97. The van der Waals surface area contributed by atoms with Gasteiger partial charge in [-0.3, -0.25) is 9.59 Å². The van der Waals surface area contributed by atoms with Crippen molar-refractivity contribution in [3.8, 4) is 0 Å². The second-order valence-electron chi connectivity index (χ2n) is 6.62. The predicted molar refractivity (Wildman–Crippen MR) is 76.2 cm³/mol. The third-order valence-corrected chi connectivity index (χ3v) is 4.50. The Morgan fingerprint density at radius 3 is 2.65 bits per heavy atom. The third-order valence-electron chi connectivity index (χ3n) is 4.50. The van der Waals surface area contributed by atoms with Gasteiger partial charge in [-0.25, -0.2) is 0 Å². The number of hydrogen-bond donors (Lipinski definition) is 1. The van der Waals surface area contributed by atoms with Crippen molar-refractivity contribution in [2.75, 3.05) is 7.11 Å². The Morgan fingerprint density at radius 2 is 2.00 bits per heavy atom. The van der Waals surface area contributed by atoms with Gasteiger partial charge in [-0.05, 0) is 46.5 Å². The van der Waals surface area contributed by atoms with Gasteiger partial charge < -0.3 is 15.0 Å². The fraction of sp³-hybridized carbons (Fsp3) is 0.867. The largest absolute Gasteiger partial charge is 0.381 e. The lowest BCUT2D eigenvalue weighted by Crippen LogP contribution is -2.57. The lowest BCUT2D eigenvalue weighted by Gasteiger charge is -2.41. The summed E-state index contributed by atoms with van der Waals surface area (Å²) in [6.07, 6.45) is 4.61. The smallest absolute Gasteiger partial charge is 0.248 e. The molecule has 3 atom stereocenters. The second kappa shape index (κ2) is 5.72. The molecular weight excluding hydrogens is 256 g/mol. The highest BCUT2D eigenvalue weighted by atomic mass is 16.5. The van der Waals surface area contributed by atoms with Crippen molar-refractivity contribution in [3.63, 3.8) is 0 Å². The highest BCUT2D eigenvalue weighted by molar-refractivity contribution is 5.93. The number of ether oxygens (including phenoxy) is 1. The SMILES string of the molecule is COC1CCCC(N2C(=O)C(C)(C)NC(=O)CC2C)C1. The van der Waals surface area contributed by atoms with E-state index < -0.39 is 5.54 Å². The second-order valence-corrected chi connectivity index (χ2v) is 6.62. The van der Waals surface area contributed by atoms with Gasteiger partial charge in [-0.2, -0.15) is 0 Å². The lowest BCUT2D eigenvalue weighted by atomic mass is 9.89. The first-order valence-corrected chi connectivity index (χ1v) is 7.51. The molecule has 20 heavy (non-hydrogen) atoms. The summed E-state index contributed by atoms with van der Waals surface area (Å²) in [5.41, 5.74) is -0.818. The molecule has 1 N–H and O–H groups in total. The van der Waals surface area contributed by atoms with E-state index in [0.717, 1.165) is 25.7 Å². The van der Waals surface area contributed by atoms with Gasteiger partial charge in [0.1, 0.15) is 5.54 Å². The molecule has 0 aromatic heterocycles. The minimum absolute atomic E-state index is 0.0256. The highest BCUT2D eigenvalue weighted by Gasteiger charge is 2.43. The topological polar surface area (TPSA) is 58.6 Å². The van der Waals surface area contributed by atoms with Crippen LogP contribution in [0.25, 0.3) is 0 Å². The van der Waals surface area contributed by atoms with E-state index >= 15 is 0 Å². The summed E-state index contributed by atoms with van der Waals surface area (Å²) >= 11 is 0. The minimum Gasteiger partial charge on any atom is -0.381 e. The van der Waals surface area contributed by atoms with E-state index in [1.165, 1.54) is 0 Å². The fourth-order valence-corrected chi connectivity index (χ4v) is 3.46. The molecule has 1 aliphatic heterocycles. The average molecular weight is 282 g/mol. The van der Waals surface area contributed by atoms with Crippen LogP contribution < -0.4 is 5.32 Å². The molecule has 1 saturated carbocycles. The van der Waals surface area contributed by atoms with E-state index in [0.29, 0.717) is 6.42 Å². The Kier molecular flexibility index (Phi) is 4.37. The van der Waals surface area contributed by atoms with Crippen LogP contribution in [0.5, 0.6) is 0 Å². The van der Waals surface area contributed by atoms with E-state index in [1.54, 1.807) is 21.0 Å². The Bertz CT molecular complexity index is 395. The van der Waals surface area contributed by atoms with Crippen LogP contribution in [0.3, 0.4) is 0 Å². The van der Waals surface area contributed by atoms with Crippen molar-refractivity contribution >= 4 is 11.8 Å². The van der Waals surface area contributed by atoms with Gasteiger partial charge in [0.05, 0.1) is 6.10 Å². The number of methoxy groups -OCH3 is 1. The van der Waals surface area contributed by atoms with Crippen LogP contribution in [0.4, 0.5) is 0 Å². The van der Waals surface area contributed by atoms with Gasteiger partial charge in [0.2, 0.25) is 11.8 Å². The van der Waals surface area contributed by atoms with Gasteiger partial charge in [-0.1, -0.05) is 0 Å². The predicted octanol–water partition coefficient (Wildman–Crippen LogP) is 1.46. The molecule has 114 valence electrons. The summed E-state index contributed by atoms with van der Waals surface area (Å²) in [6, 6.07) is 0.132. The molecule has 2 aliphatic rings. The zero-order chi connectivity index (χ0) is 14.9. The molecular formula is C15H26N2O3. The van der Waals surface area contributed by atoms with Crippen LogP contribution in [-0.2, 0) is 14.3 Å². The maximum absolute atomic E-state index is 12.8. The van der Waals surface area contributed by atoms with Crippen molar-refractivity contribution in [2.24, 2.45) is 0 Å². The maximum Gasteiger partial charge on any atom is 0.248 e. The number of hydrogen-bond acceptors (Lipinski definition) is 3. The summed E-state index contributed by atoms with van der Waals surface area (Å²) in [5, 5.41) is 2.83. The van der Waals surface area contributed by atoms with E-state index in [1.807, 2.05) is 11.8 Å². The molecule has 2 rings (SSSR count). The number of amides is 2. The van der Waals surface area contributed by atoms with Gasteiger partial charge in [0, 0.05) is 25.6 Å². The lowest BCUT2D eigenvalue weighted by molar-refractivity contribution is -0.142. The van der Waals surface area contributed by atoms with Gasteiger partial charge in [0.15, 0.2) is 0 Å². The molecule has 0 aromatic rings. The van der Waals surface area contributed by atoms with Crippen molar-refractivity contribution < 1.29 is 14.3 Å². The van der Waals surface area contributed by atoms with Crippen molar-refractivity contribution in [1.29, 1.82) is 0 Å². The highest BCUT2D eigenvalue weighted by Crippen LogP contribution is 2.30. The Morgan fingerprint density at radius 1 is 1.30 bits per heavy atom. The molecule has 2 amide bonds. The first kappa shape index (κ1) is 15.3. The number of carbonyl (C=O) groups is 2. The van der Waals surface area contributed by atoms with E-state index in [4.69, 9.17) is 4.74 Å². The van der Waals surface area contributed by atoms with Gasteiger partial charge in [0.25, 0.3) is 0 Å². The number of rotatable bonds is 2.